The number of methoxy groups -OCH3 is 1. The molecular formula is C22H24BrN3O4. The van der Waals surface area contributed by atoms with Crippen LogP contribution in [0.4, 0.5) is 11.4 Å². The number of hydrogen-bond acceptors (Lipinski definition) is 4. The van der Waals surface area contributed by atoms with Crippen LogP contribution in [-0.4, -0.2) is 49.4 Å². The Morgan fingerprint density at radius 3 is 2.70 bits per heavy atom. The highest BCUT2D eigenvalue weighted by molar-refractivity contribution is 9.10. The number of halogens is 1. The van der Waals surface area contributed by atoms with Crippen molar-refractivity contribution in [3.8, 4) is 5.75 Å². The molecule has 3 rings (SSSR count). The number of para-hydroxylation sites is 1. The second-order valence-electron chi connectivity index (χ2n) is 6.99. The van der Waals surface area contributed by atoms with E-state index in [0.29, 0.717) is 24.5 Å². The van der Waals surface area contributed by atoms with Gasteiger partial charge in [0.2, 0.25) is 17.7 Å². The molecule has 1 atom stereocenters. The Kier molecular flexibility index (Phi) is 7.10. The SMILES string of the molecule is CCN(CC(=O)Nc1cccc(OC)c1)C(=O)C1CC(=O)N(c2ccccc2Br)C1. The zero-order valence-corrected chi connectivity index (χ0v) is 18.5. The Balaban J connectivity index is 1.63. The van der Waals surface area contributed by atoms with Gasteiger partial charge in [0.15, 0.2) is 0 Å². The summed E-state index contributed by atoms with van der Waals surface area (Å²) in [6.07, 6.45) is 0.133. The van der Waals surface area contributed by atoms with Crippen LogP contribution in [-0.2, 0) is 14.4 Å². The number of amides is 3. The first-order valence-electron chi connectivity index (χ1n) is 9.70. The average molecular weight is 474 g/mol. The molecular weight excluding hydrogens is 450 g/mol. The number of rotatable bonds is 7. The molecule has 1 saturated heterocycles. The third kappa shape index (κ3) is 4.99. The van der Waals surface area contributed by atoms with Crippen LogP contribution in [0.1, 0.15) is 13.3 Å². The van der Waals surface area contributed by atoms with Crippen LogP contribution in [0.5, 0.6) is 5.75 Å². The van der Waals surface area contributed by atoms with Crippen LogP contribution in [0.3, 0.4) is 0 Å². The van der Waals surface area contributed by atoms with E-state index >= 15 is 0 Å². The summed E-state index contributed by atoms with van der Waals surface area (Å²) in [6, 6.07) is 14.4. The Hall–Kier alpha value is -2.87. The number of likely N-dealkylation sites (N-methyl/N-ethyl adjacent to an activating group) is 1. The molecule has 0 spiro atoms. The molecule has 1 fully saturated rings. The first kappa shape index (κ1) is 21.8. The van der Waals surface area contributed by atoms with Gasteiger partial charge in [0.05, 0.1) is 25.3 Å². The molecule has 0 aliphatic carbocycles. The average Bonchev–Trinajstić information content (AvgIpc) is 3.13. The van der Waals surface area contributed by atoms with Gasteiger partial charge in [-0.1, -0.05) is 18.2 Å². The molecule has 8 heteroatoms. The lowest BCUT2D eigenvalue weighted by atomic mass is 10.1. The van der Waals surface area contributed by atoms with Gasteiger partial charge in [-0.15, -0.1) is 0 Å². The largest absolute Gasteiger partial charge is 0.497 e. The fraction of sp³-hybridized carbons (Fsp3) is 0.318. The van der Waals surface area contributed by atoms with E-state index in [1.165, 1.54) is 4.90 Å². The molecule has 3 amide bonds. The third-order valence-corrected chi connectivity index (χ3v) is 5.67. The highest BCUT2D eigenvalue weighted by atomic mass is 79.9. The fourth-order valence-electron chi connectivity index (χ4n) is 3.45. The number of ether oxygens (including phenoxy) is 1. The molecule has 0 aromatic heterocycles. The van der Waals surface area contributed by atoms with Crippen LogP contribution >= 0.6 is 15.9 Å². The fourth-order valence-corrected chi connectivity index (χ4v) is 3.95. The summed E-state index contributed by atoms with van der Waals surface area (Å²) in [7, 11) is 1.55. The Morgan fingerprint density at radius 2 is 2.00 bits per heavy atom. The van der Waals surface area contributed by atoms with Crippen molar-refractivity contribution in [3.05, 3.63) is 53.0 Å². The lowest BCUT2D eigenvalue weighted by Gasteiger charge is -2.24. The van der Waals surface area contributed by atoms with Gasteiger partial charge in [-0.2, -0.15) is 0 Å². The predicted molar refractivity (Wildman–Crippen MR) is 118 cm³/mol. The minimum absolute atomic E-state index is 0.0771. The molecule has 1 aliphatic rings. The molecule has 0 radical (unpaired) electrons. The Bertz CT molecular complexity index is 949. The topological polar surface area (TPSA) is 79.0 Å². The van der Waals surface area contributed by atoms with E-state index in [0.717, 1.165) is 10.2 Å². The summed E-state index contributed by atoms with van der Waals surface area (Å²) in [5.41, 5.74) is 1.34. The molecule has 2 aromatic rings. The highest BCUT2D eigenvalue weighted by Crippen LogP contribution is 2.31. The number of benzene rings is 2. The van der Waals surface area contributed by atoms with Crippen LogP contribution in [0.15, 0.2) is 53.0 Å². The van der Waals surface area contributed by atoms with E-state index in [1.54, 1.807) is 36.3 Å². The summed E-state index contributed by atoms with van der Waals surface area (Å²) in [6.45, 7) is 2.42. The van der Waals surface area contributed by atoms with Crippen molar-refractivity contribution in [1.29, 1.82) is 0 Å². The van der Waals surface area contributed by atoms with Crippen LogP contribution in [0.25, 0.3) is 0 Å². The van der Waals surface area contributed by atoms with E-state index in [-0.39, 0.29) is 30.7 Å². The molecule has 1 heterocycles. The Labute approximate surface area is 184 Å². The van der Waals surface area contributed by atoms with Crippen molar-refractivity contribution in [2.24, 2.45) is 5.92 Å². The smallest absolute Gasteiger partial charge is 0.243 e. The standard InChI is InChI=1S/C22H24BrN3O4/c1-3-25(14-20(27)24-16-7-6-8-17(12-16)30-2)22(29)15-11-21(28)26(13-15)19-10-5-4-9-18(19)23/h4-10,12,15H,3,11,13-14H2,1-2H3,(H,24,27). The molecule has 158 valence electrons. The van der Waals surface area contributed by atoms with E-state index < -0.39 is 5.92 Å². The minimum Gasteiger partial charge on any atom is -0.497 e. The monoisotopic (exact) mass is 473 g/mol. The van der Waals surface area contributed by atoms with Gasteiger partial charge in [0, 0.05) is 35.7 Å². The number of carbonyl (C=O) groups excluding carboxylic acids is 3. The lowest BCUT2D eigenvalue weighted by Crippen LogP contribution is -2.42. The number of hydrogen-bond donors (Lipinski definition) is 1. The lowest BCUT2D eigenvalue weighted by molar-refractivity contribution is -0.138. The zero-order chi connectivity index (χ0) is 21.7. The van der Waals surface area contributed by atoms with Gasteiger partial charge >= 0.3 is 0 Å². The zero-order valence-electron chi connectivity index (χ0n) is 16.9. The second kappa shape index (κ2) is 9.75. The summed E-state index contributed by atoms with van der Waals surface area (Å²) >= 11 is 3.46. The van der Waals surface area contributed by atoms with Crippen LogP contribution in [0, 0.1) is 5.92 Å². The first-order valence-corrected chi connectivity index (χ1v) is 10.5. The van der Waals surface area contributed by atoms with Gasteiger partial charge in [0.1, 0.15) is 5.75 Å². The van der Waals surface area contributed by atoms with Gasteiger partial charge in [-0.25, -0.2) is 0 Å². The molecule has 30 heavy (non-hydrogen) atoms. The third-order valence-electron chi connectivity index (χ3n) is 5.00. The van der Waals surface area contributed by atoms with Crippen molar-refractivity contribution in [3.63, 3.8) is 0 Å². The molecule has 1 unspecified atom stereocenters. The predicted octanol–water partition coefficient (Wildman–Crippen LogP) is 3.30. The summed E-state index contributed by atoms with van der Waals surface area (Å²) in [5, 5.41) is 2.78. The molecule has 7 nitrogen and oxygen atoms in total. The van der Waals surface area contributed by atoms with Gasteiger partial charge < -0.3 is 19.9 Å². The van der Waals surface area contributed by atoms with Crippen molar-refractivity contribution < 1.29 is 19.1 Å². The van der Waals surface area contributed by atoms with E-state index in [4.69, 9.17) is 4.74 Å². The number of nitrogens with one attached hydrogen (secondary N) is 1. The van der Waals surface area contributed by atoms with Gasteiger partial charge in [-0.3, -0.25) is 14.4 Å². The normalized spacial score (nSPS) is 15.8. The summed E-state index contributed by atoms with van der Waals surface area (Å²) < 4.78 is 5.96. The van der Waals surface area contributed by atoms with E-state index in [2.05, 4.69) is 21.2 Å². The summed E-state index contributed by atoms with van der Waals surface area (Å²) in [5.74, 6) is -0.439. The minimum atomic E-state index is -0.478. The van der Waals surface area contributed by atoms with E-state index in [9.17, 15) is 14.4 Å². The van der Waals surface area contributed by atoms with Crippen LogP contribution in [0.2, 0.25) is 0 Å². The molecule has 1 aliphatic heterocycles. The number of anilines is 2. The molecule has 0 bridgehead atoms. The maximum Gasteiger partial charge on any atom is 0.243 e. The van der Waals surface area contributed by atoms with Crippen molar-refractivity contribution in [2.45, 2.75) is 13.3 Å². The van der Waals surface area contributed by atoms with Crippen molar-refractivity contribution in [2.75, 3.05) is 37.0 Å². The molecule has 2 aromatic carbocycles. The van der Waals surface area contributed by atoms with Crippen molar-refractivity contribution >= 4 is 45.0 Å². The van der Waals surface area contributed by atoms with E-state index in [1.807, 2.05) is 31.2 Å². The molecule has 1 N–H and O–H groups in total. The molecule has 0 saturated carbocycles. The Morgan fingerprint density at radius 1 is 1.23 bits per heavy atom. The second-order valence-corrected chi connectivity index (χ2v) is 7.84. The first-order chi connectivity index (χ1) is 14.4. The maximum absolute atomic E-state index is 13.0. The number of nitrogens with zero attached hydrogens (tertiary/aromatic N) is 2. The van der Waals surface area contributed by atoms with Gasteiger partial charge in [0.25, 0.3) is 0 Å². The maximum atomic E-state index is 13.0. The van der Waals surface area contributed by atoms with Gasteiger partial charge in [-0.05, 0) is 47.1 Å². The summed E-state index contributed by atoms with van der Waals surface area (Å²) in [4.78, 5) is 41.1. The quantitative estimate of drug-likeness (QED) is 0.668. The van der Waals surface area contributed by atoms with Crippen LogP contribution < -0.4 is 15.0 Å². The number of carbonyl (C=O) groups is 3. The van der Waals surface area contributed by atoms with Crippen molar-refractivity contribution in [1.82, 2.24) is 4.90 Å². The highest BCUT2D eigenvalue weighted by Gasteiger charge is 2.37.